The van der Waals surface area contributed by atoms with Gasteiger partial charge in [-0.1, -0.05) is 6.92 Å². The van der Waals surface area contributed by atoms with E-state index >= 15 is 0 Å². The number of carbonyl (C=O) groups excluding carboxylic acids is 1. The molecule has 6 nitrogen and oxygen atoms in total. The highest BCUT2D eigenvalue weighted by Gasteiger charge is 2.33. The summed E-state index contributed by atoms with van der Waals surface area (Å²) in [4.78, 5) is 26.6. The molecule has 0 saturated carbocycles. The van der Waals surface area contributed by atoms with Crippen LogP contribution in [0, 0.1) is 11.8 Å². The number of carboxylic acid groups (broad SMARTS) is 1. The van der Waals surface area contributed by atoms with E-state index in [1.54, 1.807) is 24.0 Å². The fourth-order valence-corrected chi connectivity index (χ4v) is 2.47. The fraction of sp³-hybridized carbons (Fsp3) is 0.846. The van der Waals surface area contributed by atoms with Crippen molar-refractivity contribution in [1.29, 1.82) is 0 Å². The Morgan fingerprint density at radius 3 is 2.63 bits per heavy atom. The minimum Gasteiger partial charge on any atom is -0.481 e. The van der Waals surface area contributed by atoms with Gasteiger partial charge in [-0.2, -0.15) is 0 Å². The Hall–Kier alpha value is -1.30. The van der Waals surface area contributed by atoms with Crippen LogP contribution in [-0.4, -0.2) is 66.8 Å². The van der Waals surface area contributed by atoms with Gasteiger partial charge in [0, 0.05) is 33.8 Å². The number of likely N-dealkylation sites (tertiary alicyclic amines) is 1. The van der Waals surface area contributed by atoms with E-state index in [1.165, 1.54) is 0 Å². The first-order chi connectivity index (χ1) is 8.86. The molecular formula is C13H24N2O4. The zero-order valence-electron chi connectivity index (χ0n) is 12.1. The quantitative estimate of drug-likeness (QED) is 0.832. The molecule has 0 aliphatic carbocycles. The second kappa shape index (κ2) is 6.75. The number of likely N-dealkylation sites (N-methyl/N-ethyl adjacent to an activating group) is 1. The molecule has 1 aliphatic heterocycles. The Labute approximate surface area is 114 Å². The molecule has 3 atom stereocenters. The first-order valence-corrected chi connectivity index (χ1v) is 6.62. The van der Waals surface area contributed by atoms with Crippen LogP contribution < -0.4 is 0 Å². The molecule has 2 amide bonds. The van der Waals surface area contributed by atoms with Gasteiger partial charge in [-0.05, 0) is 19.3 Å². The summed E-state index contributed by atoms with van der Waals surface area (Å²) >= 11 is 0. The summed E-state index contributed by atoms with van der Waals surface area (Å²) in [5.74, 6) is -1.11. The SMILES string of the molecule is COC(C)CN(C)C(=O)N1CCC(C(=O)O)C(C)C1. The molecular weight excluding hydrogens is 248 g/mol. The van der Waals surface area contributed by atoms with Crippen LogP contribution in [-0.2, 0) is 9.53 Å². The summed E-state index contributed by atoms with van der Waals surface area (Å²) in [6.45, 7) is 5.33. The summed E-state index contributed by atoms with van der Waals surface area (Å²) in [6, 6.07) is -0.0559. The molecule has 1 fully saturated rings. The van der Waals surface area contributed by atoms with Gasteiger partial charge in [0.15, 0.2) is 0 Å². The van der Waals surface area contributed by atoms with Crippen molar-refractivity contribution < 1.29 is 19.4 Å². The van der Waals surface area contributed by atoms with Crippen LogP contribution in [0.25, 0.3) is 0 Å². The fourth-order valence-electron chi connectivity index (χ4n) is 2.47. The summed E-state index contributed by atoms with van der Waals surface area (Å²) in [6.07, 6.45) is 0.513. The molecule has 0 spiro atoms. The average molecular weight is 272 g/mol. The van der Waals surface area contributed by atoms with Crippen molar-refractivity contribution >= 4 is 12.0 Å². The van der Waals surface area contributed by atoms with Crippen molar-refractivity contribution in [3.63, 3.8) is 0 Å². The Bertz CT molecular complexity index is 335. The smallest absolute Gasteiger partial charge is 0.319 e. The van der Waals surface area contributed by atoms with Crippen molar-refractivity contribution in [2.75, 3.05) is 33.8 Å². The van der Waals surface area contributed by atoms with Gasteiger partial charge in [-0.15, -0.1) is 0 Å². The maximum absolute atomic E-state index is 12.2. The first kappa shape index (κ1) is 15.8. The largest absolute Gasteiger partial charge is 0.481 e. The number of methoxy groups -OCH3 is 1. The van der Waals surface area contributed by atoms with Gasteiger partial charge in [-0.3, -0.25) is 4.79 Å². The highest BCUT2D eigenvalue weighted by Crippen LogP contribution is 2.24. The summed E-state index contributed by atoms with van der Waals surface area (Å²) in [5, 5.41) is 9.06. The molecule has 1 heterocycles. The highest BCUT2D eigenvalue weighted by atomic mass is 16.5. The van der Waals surface area contributed by atoms with E-state index in [2.05, 4.69) is 0 Å². The molecule has 19 heavy (non-hydrogen) atoms. The molecule has 0 radical (unpaired) electrons. The van der Waals surface area contributed by atoms with Crippen LogP contribution >= 0.6 is 0 Å². The Balaban J connectivity index is 2.53. The number of amides is 2. The van der Waals surface area contributed by atoms with E-state index in [1.807, 2.05) is 13.8 Å². The number of ether oxygens (including phenoxy) is 1. The maximum Gasteiger partial charge on any atom is 0.319 e. The lowest BCUT2D eigenvalue weighted by molar-refractivity contribution is -0.145. The number of nitrogens with zero attached hydrogens (tertiary/aromatic N) is 2. The molecule has 1 rings (SSSR count). The number of rotatable bonds is 4. The van der Waals surface area contributed by atoms with Crippen molar-refractivity contribution in [1.82, 2.24) is 9.80 Å². The minimum atomic E-state index is -0.763. The Morgan fingerprint density at radius 1 is 1.53 bits per heavy atom. The van der Waals surface area contributed by atoms with Crippen molar-refractivity contribution in [2.45, 2.75) is 26.4 Å². The van der Waals surface area contributed by atoms with Gasteiger partial charge in [0.1, 0.15) is 0 Å². The lowest BCUT2D eigenvalue weighted by atomic mass is 9.87. The van der Waals surface area contributed by atoms with Crippen molar-refractivity contribution in [2.24, 2.45) is 11.8 Å². The van der Waals surface area contributed by atoms with Gasteiger partial charge in [0.05, 0.1) is 12.0 Å². The molecule has 110 valence electrons. The predicted molar refractivity (Wildman–Crippen MR) is 71.0 cm³/mol. The molecule has 6 heteroatoms. The van der Waals surface area contributed by atoms with Gasteiger partial charge in [0.25, 0.3) is 0 Å². The van der Waals surface area contributed by atoms with Gasteiger partial charge in [0.2, 0.25) is 0 Å². The highest BCUT2D eigenvalue weighted by molar-refractivity contribution is 5.75. The number of carboxylic acids is 1. The van der Waals surface area contributed by atoms with Crippen LogP contribution in [0.15, 0.2) is 0 Å². The van der Waals surface area contributed by atoms with E-state index < -0.39 is 5.97 Å². The molecule has 1 saturated heterocycles. The van der Waals surface area contributed by atoms with Crippen LogP contribution in [0.5, 0.6) is 0 Å². The Kier molecular flexibility index (Phi) is 5.60. The molecule has 0 aromatic rings. The van der Waals surface area contributed by atoms with Crippen LogP contribution in [0.1, 0.15) is 20.3 Å². The number of aliphatic carboxylic acids is 1. The summed E-state index contributed by atoms with van der Waals surface area (Å²) < 4.78 is 5.14. The third-order valence-electron chi connectivity index (χ3n) is 3.75. The van der Waals surface area contributed by atoms with E-state index in [4.69, 9.17) is 9.84 Å². The molecule has 0 bridgehead atoms. The zero-order chi connectivity index (χ0) is 14.6. The number of hydrogen-bond donors (Lipinski definition) is 1. The first-order valence-electron chi connectivity index (χ1n) is 6.62. The van der Waals surface area contributed by atoms with E-state index in [-0.39, 0.29) is 24.0 Å². The third kappa shape index (κ3) is 4.09. The predicted octanol–water partition coefficient (Wildman–Crippen LogP) is 1.12. The van der Waals surface area contributed by atoms with Crippen LogP contribution in [0.2, 0.25) is 0 Å². The number of hydrogen-bond acceptors (Lipinski definition) is 3. The van der Waals surface area contributed by atoms with E-state index in [0.29, 0.717) is 26.1 Å². The molecule has 1 aliphatic rings. The standard InChI is InChI=1S/C13H24N2O4/c1-9-7-15(6-5-11(9)12(16)17)13(18)14(3)8-10(2)19-4/h9-11H,5-8H2,1-4H3,(H,16,17). The second-order valence-electron chi connectivity index (χ2n) is 5.37. The molecule has 1 N–H and O–H groups in total. The minimum absolute atomic E-state index is 0.0107. The molecule has 0 aromatic carbocycles. The van der Waals surface area contributed by atoms with Crippen LogP contribution in [0.3, 0.4) is 0 Å². The monoisotopic (exact) mass is 272 g/mol. The van der Waals surface area contributed by atoms with Crippen LogP contribution in [0.4, 0.5) is 4.79 Å². The topological polar surface area (TPSA) is 70.1 Å². The van der Waals surface area contributed by atoms with Crippen molar-refractivity contribution in [3.05, 3.63) is 0 Å². The molecule has 0 aromatic heterocycles. The van der Waals surface area contributed by atoms with E-state index in [0.717, 1.165) is 0 Å². The van der Waals surface area contributed by atoms with Gasteiger partial charge in [-0.25, -0.2) is 4.79 Å². The normalized spacial score (nSPS) is 24.9. The van der Waals surface area contributed by atoms with Crippen molar-refractivity contribution in [3.8, 4) is 0 Å². The summed E-state index contributed by atoms with van der Waals surface area (Å²) in [7, 11) is 3.36. The van der Waals surface area contributed by atoms with Gasteiger partial charge >= 0.3 is 12.0 Å². The number of urea groups is 1. The lowest BCUT2D eigenvalue weighted by Gasteiger charge is -2.37. The second-order valence-corrected chi connectivity index (χ2v) is 5.37. The molecule has 3 unspecified atom stereocenters. The number of piperidine rings is 1. The Morgan fingerprint density at radius 2 is 2.16 bits per heavy atom. The van der Waals surface area contributed by atoms with Gasteiger partial charge < -0.3 is 19.6 Å². The third-order valence-corrected chi connectivity index (χ3v) is 3.75. The number of carbonyl (C=O) groups is 2. The maximum atomic E-state index is 12.2. The summed E-state index contributed by atoms with van der Waals surface area (Å²) in [5.41, 5.74) is 0. The lowest BCUT2D eigenvalue weighted by Crippen LogP contribution is -2.50. The average Bonchev–Trinajstić information content (AvgIpc) is 2.36. The zero-order valence-corrected chi connectivity index (χ0v) is 12.1. The van der Waals surface area contributed by atoms with E-state index in [9.17, 15) is 9.59 Å².